The molecule has 1 N–H and O–H groups in total. The summed E-state index contributed by atoms with van der Waals surface area (Å²) in [7, 11) is 3.02. The van der Waals surface area contributed by atoms with E-state index < -0.39 is 17.7 Å². The van der Waals surface area contributed by atoms with Crippen LogP contribution in [-0.2, 0) is 9.59 Å². The van der Waals surface area contributed by atoms with Gasteiger partial charge in [-0.3, -0.25) is 14.5 Å². The molecule has 37 heavy (non-hydrogen) atoms. The Bertz CT molecular complexity index is 1350. The number of rotatable bonds is 9. The summed E-state index contributed by atoms with van der Waals surface area (Å²) in [5.41, 5.74) is 1.24. The monoisotopic (exact) mass is 503 g/mol. The third-order valence-electron chi connectivity index (χ3n) is 6.01. The quantitative estimate of drug-likeness (QED) is 0.246. The molecule has 3 aromatic rings. The van der Waals surface area contributed by atoms with Crippen LogP contribution in [0.1, 0.15) is 31.0 Å². The van der Waals surface area contributed by atoms with Crippen molar-refractivity contribution in [3.8, 4) is 23.0 Å². The maximum atomic E-state index is 13.5. The number of ether oxygens (including phenoxy) is 4. The third kappa shape index (κ3) is 4.82. The number of benzene rings is 3. The average Bonchev–Trinajstić information content (AvgIpc) is 3.18. The molecular weight excluding hydrogens is 474 g/mol. The number of aliphatic hydroxyl groups excluding tert-OH is 1. The molecule has 3 aromatic carbocycles. The van der Waals surface area contributed by atoms with E-state index in [1.165, 1.54) is 19.1 Å². The predicted molar refractivity (Wildman–Crippen MR) is 140 cm³/mol. The molecule has 8 nitrogen and oxygen atoms in total. The third-order valence-corrected chi connectivity index (χ3v) is 6.01. The second-order valence-electron chi connectivity index (χ2n) is 8.15. The first kappa shape index (κ1) is 25.6. The van der Waals surface area contributed by atoms with Crippen molar-refractivity contribution in [2.24, 2.45) is 0 Å². The number of Topliss-reactive ketones (excluding diaryl/α,β-unsaturated/α-hetero) is 1. The molecule has 8 heteroatoms. The van der Waals surface area contributed by atoms with Crippen LogP contribution < -0.4 is 23.8 Å². The molecule has 0 aromatic heterocycles. The van der Waals surface area contributed by atoms with Crippen LogP contribution in [0.25, 0.3) is 5.76 Å². The number of hydrogen-bond donors (Lipinski definition) is 1. The number of aliphatic hydroxyl groups is 1. The molecule has 4 rings (SSSR count). The van der Waals surface area contributed by atoms with E-state index in [0.717, 1.165) is 0 Å². The molecule has 1 amide bonds. The number of ketones is 1. The highest BCUT2D eigenvalue weighted by Gasteiger charge is 2.48. The van der Waals surface area contributed by atoms with Crippen LogP contribution in [0.15, 0.2) is 72.3 Å². The van der Waals surface area contributed by atoms with Crippen molar-refractivity contribution >= 4 is 23.1 Å². The Morgan fingerprint density at radius 2 is 1.57 bits per heavy atom. The van der Waals surface area contributed by atoms with Crippen molar-refractivity contribution in [3.05, 3.63) is 83.4 Å². The average molecular weight is 504 g/mol. The lowest BCUT2D eigenvalue weighted by molar-refractivity contribution is -0.132. The van der Waals surface area contributed by atoms with Crippen molar-refractivity contribution in [3.63, 3.8) is 0 Å². The van der Waals surface area contributed by atoms with Crippen LogP contribution in [0, 0.1) is 0 Å². The molecule has 0 saturated carbocycles. The second-order valence-corrected chi connectivity index (χ2v) is 8.15. The van der Waals surface area contributed by atoms with Gasteiger partial charge in [-0.2, -0.15) is 0 Å². The standard InChI is InChI=1S/C29H29NO7/c1-5-36-20-11-9-10-19(16-20)27(31)25-26(18-14-15-23(35-4)24(17-18)37-6-2)30(29(33)28(25)32)21-12-7-8-13-22(21)34-3/h7-17,26,31H,5-6H2,1-4H3/b27-25-. The zero-order valence-corrected chi connectivity index (χ0v) is 21.2. The molecule has 0 radical (unpaired) electrons. The number of nitrogens with zero attached hydrogens (tertiary/aromatic N) is 1. The fraction of sp³-hybridized carbons (Fsp3) is 0.241. The molecular formula is C29H29NO7. The first-order valence-corrected chi connectivity index (χ1v) is 11.9. The van der Waals surface area contributed by atoms with Crippen molar-refractivity contribution in [2.75, 3.05) is 32.3 Å². The SMILES string of the molecule is CCOc1cccc(/C(O)=C2/C(=O)C(=O)N(c3ccccc3OC)C2c2ccc(OC)c(OCC)c2)c1. The van der Waals surface area contributed by atoms with Gasteiger partial charge in [0.25, 0.3) is 11.7 Å². The van der Waals surface area contributed by atoms with Crippen LogP contribution in [0.3, 0.4) is 0 Å². The van der Waals surface area contributed by atoms with Gasteiger partial charge in [-0.1, -0.05) is 30.3 Å². The van der Waals surface area contributed by atoms with Crippen LogP contribution in [0.4, 0.5) is 5.69 Å². The summed E-state index contributed by atoms with van der Waals surface area (Å²) < 4.78 is 22.2. The van der Waals surface area contributed by atoms with E-state index in [9.17, 15) is 14.7 Å². The molecule has 1 saturated heterocycles. The number of carbonyl (C=O) groups is 2. The van der Waals surface area contributed by atoms with Gasteiger partial charge in [-0.25, -0.2) is 0 Å². The zero-order chi connectivity index (χ0) is 26.5. The normalized spacial score (nSPS) is 16.5. The minimum absolute atomic E-state index is 0.0582. The summed E-state index contributed by atoms with van der Waals surface area (Å²) in [6, 6.07) is 17.9. The summed E-state index contributed by atoms with van der Waals surface area (Å²) in [4.78, 5) is 28.3. The topological polar surface area (TPSA) is 94.5 Å². The molecule has 0 spiro atoms. The maximum absolute atomic E-state index is 13.5. The first-order valence-electron chi connectivity index (χ1n) is 11.9. The highest BCUT2D eigenvalue weighted by Crippen LogP contribution is 2.46. The molecule has 192 valence electrons. The molecule has 1 aliphatic heterocycles. The smallest absolute Gasteiger partial charge is 0.300 e. The van der Waals surface area contributed by atoms with Gasteiger partial charge in [0.1, 0.15) is 17.3 Å². The molecule has 1 fully saturated rings. The van der Waals surface area contributed by atoms with Gasteiger partial charge in [-0.15, -0.1) is 0 Å². The van der Waals surface area contributed by atoms with Crippen LogP contribution >= 0.6 is 0 Å². The number of carbonyl (C=O) groups excluding carboxylic acids is 2. The minimum atomic E-state index is -0.961. The van der Waals surface area contributed by atoms with E-state index in [-0.39, 0.29) is 11.3 Å². The van der Waals surface area contributed by atoms with Crippen molar-refractivity contribution in [1.82, 2.24) is 0 Å². The second kappa shape index (κ2) is 11.1. The number of para-hydroxylation sites is 2. The van der Waals surface area contributed by atoms with Crippen LogP contribution in [-0.4, -0.2) is 44.2 Å². The Hall–Kier alpha value is -4.46. The van der Waals surface area contributed by atoms with Gasteiger partial charge in [0.05, 0.1) is 44.7 Å². The lowest BCUT2D eigenvalue weighted by Gasteiger charge is -2.27. The van der Waals surface area contributed by atoms with E-state index in [4.69, 9.17) is 18.9 Å². The molecule has 1 heterocycles. The Balaban J connectivity index is 1.97. The minimum Gasteiger partial charge on any atom is -0.507 e. The summed E-state index contributed by atoms with van der Waals surface area (Å²) in [6.07, 6.45) is 0. The van der Waals surface area contributed by atoms with E-state index in [2.05, 4.69) is 0 Å². The number of methoxy groups -OCH3 is 2. The van der Waals surface area contributed by atoms with Crippen molar-refractivity contribution in [2.45, 2.75) is 19.9 Å². The number of anilines is 1. The summed E-state index contributed by atoms with van der Waals surface area (Å²) in [5, 5.41) is 11.4. The van der Waals surface area contributed by atoms with E-state index >= 15 is 0 Å². The molecule has 1 aliphatic rings. The van der Waals surface area contributed by atoms with Gasteiger partial charge in [-0.05, 0) is 55.8 Å². The lowest BCUT2D eigenvalue weighted by Crippen LogP contribution is -2.29. The van der Waals surface area contributed by atoms with Crippen LogP contribution in [0.5, 0.6) is 23.0 Å². The van der Waals surface area contributed by atoms with E-state index in [1.807, 2.05) is 13.8 Å². The Labute approximate surface area is 215 Å². The van der Waals surface area contributed by atoms with Crippen molar-refractivity contribution < 1.29 is 33.6 Å². The first-order chi connectivity index (χ1) is 17.9. The summed E-state index contributed by atoms with van der Waals surface area (Å²) in [5.74, 6) is -0.0157. The maximum Gasteiger partial charge on any atom is 0.300 e. The zero-order valence-electron chi connectivity index (χ0n) is 21.2. The highest BCUT2D eigenvalue weighted by atomic mass is 16.5. The molecule has 0 aliphatic carbocycles. The fourth-order valence-corrected chi connectivity index (χ4v) is 4.41. The largest absolute Gasteiger partial charge is 0.507 e. The summed E-state index contributed by atoms with van der Waals surface area (Å²) in [6.45, 7) is 4.52. The van der Waals surface area contributed by atoms with Crippen molar-refractivity contribution in [1.29, 1.82) is 0 Å². The summed E-state index contributed by atoms with van der Waals surface area (Å²) >= 11 is 0. The Morgan fingerprint density at radius 1 is 0.838 bits per heavy atom. The lowest BCUT2D eigenvalue weighted by atomic mass is 9.94. The van der Waals surface area contributed by atoms with Gasteiger partial charge in [0, 0.05) is 5.56 Å². The number of amides is 1. The van der Waals surface area contributed by atoms with Gasteiger partial charge >= 0.3 is 0 Å². The van der Waals surface area contributed by atoms with Gasteiger partial charge < -0.3 is 24.1 Å². The number of hydrogen-bond acceptors (Lipinski definition) is 7. The fourth-order valence-electron chi connectivity index (χ4n) is 4.41. The van der Waals surface area contributed by atoms with Crippen LogP contribution in [0.2, 0.25) is 0 Å². The Kier molecular flexibility index (Phi) is 7.67. The van der Waals surface area contributed by atoms with Gasteiger partial charge in [0.15, 0.2) is 11.5 Å². The van der Waals surface area contributed by atoms with E-state index in [1.54, 1.807) is 66.7 Å². The molecule has 1 unspecified atom stereocenters. The Morgan fingerprint density at radius 3 is 2.27 bits per heavy atom. The van der Waals surface area contributed by atoms with E-state index in [0.29, 0.717) is 53.0 Å². The highest BCUT2D eigenvalue weighted by molar-refractivity contribution is 6.52. The molecule has 1 atom stereocenters. The molecule has 0 bridgehead atoms. The predicted octanol–water partition coefficient (Wildman–Crippen LogP) is 5.13. The van der Waals surface area contributed by atoms with Gasteiger partial charge in [0.2, 0.25) is 0 Å².